The van der Waals surface area contributed by atoms with Gasteiger partial charge in [0.25, 0.3) is 0 Å². The van der Waals surface area contributed by atoms with Gasteiger partial charge in [0.15, 0.2) is 0 Å². The molecule has 0 aliphatic rings. The molecule has 1 atom stereocenters. The molecule has 0 radical (unpaired) electrons. The van der Waals surface area contributed by atoms with Gasteiger partial charge in [-0.3, -0.25) is 9.59 Å². The molecule has 0 amide bonds. The molecule has 1 N–H and O–H groups in total. The topological polar surface area (TPSA) is 63.6 Å². The molecule has 0 fully saturated rings. The minimum atomic E-state index is -0.708. The van der Waals surface area contributed by atoms with Crippen molar-refractivity contribution in [1.29, 1.82) is 0 Å². The van der Waals surface area contributed by atoms with E-state index in [2.05, 4.69) is 74.6 Å². The van der Waals surface area contributed by atoms with Crippen molar-refractivity contribution in [2.75, 3.05) is 0 Å². The van der Waals surface area contributed by atoms with Crippen molar-refractivity contribution in [2.24, 2.45) is 0 Å². The van der Waals surface area contributed by atoms with Crippen molar-refractivity contribution in [3.05, 3.63) is 60.8 Å². The number of carboxylic acids is 1. The van der Waals surface area contributed by atoms with Crippen LogP contribution in [0.3, 0.4) is 0 Å². The third-order valence-electron chi connectivity index (χ3n) is 7.50. The minimum Gasteiger partial charge on any atom is -0.481 e. The summed E-state index contributed by atoms with van der Waals surface area (Å²) < 4.78 is 5.93. The van der Waals surface area contributed by atoms with Gasteiger partial charge in [0.1, 0.15) is 6.10 Å². The van der Waals surface area contributed by atoms with Crippen LogP contribution in [-0.4, -0.2) is 23.1 Å². The molecule has 0 aliphatic carbocycles. The van der Waals surface area contributed by atoms with Crippen molar-refractivity contribution in [1.82, 2.24) is 0 Å². The number of carboxylic acid groups (broad SMARTS) is 1. The summed E-state index contributed by atoms with van der Waals surface area (Å²) in [5.41, 5.74) is 0. The van der Waals surface area contributed by atoms with Gasteiger partial charge < -0.3 is 9.84 Å². The molecule has 1 unspecified atom stereocenters. The van der Waals surface area contributed by atoms with Crippen LogP contribution < -0.4 is 0 Å². The average Bonchev–Trinajstić information content (AvgIpc) is 2.99. The van der Waals surface area contributed by atoms with Gasteiger partial charge in [0.05, 0.1) is 0 Å². The second-order valence-electron chi connectivity index (χ2n) is 11.7. The highest BCUT2D eigenvalue weighted by Gasteiger charge is 2.14. The summed E-state index contributed by atoms with van der Waals surface area (Å²) in [5.74, 6) is -0.743. The van der Waals surface area contributed by atoms with Crippen molar-refractivity contribution in [2.45, 2.75) is 174 Å². The van der Waals surface area contributed by atoms with Gasteiger partial charge in [-0.1, -0.05) is 132 Å². The molecule has 0 rings (SSSR count). The Kier molecular flexibility index (Phi) is 32.3. The smallest absolute Gasteiger partial charge is 0.306 e. The van der Waals surface area contributed by atoms with Crippen LogP contribution in [0, 0.1) is 0 Å². The van der Waals surface area contributed by atoms with Crippen LogP contribution in [0.4, 0.5) is 0 Å². The molecule has 0 aliphatic heterocycles. The lowest BCUT2D eigenvalue weighted by Gasteiger charge is -2.18. The highest BCUT2D eigenvalue weighted by Crippen LogP contribution is 2.18. The second kappa shape index (κ2) is 34.1. The molecule has 0 aromatic carbocycles. The summed E-state index contributed by atoms with van der Waals surface area (Å²) in [5, 5.41) is 8.77. The van der Waals surface area contributed by atoms with Crippen LogP contribution in [0.2, 0.25) is 0 Å². The Labute approximate surface area is 265 Å². The molecule has 0 saturated carbocycles. The van der Waals surface area contributed by atoms with Crippen LogP contribution in [0.15, 0.2) is 60.8 Å². The highest BCUT2D eigenvalue weighted by atomic mass is 16.5. The summed E-state index contributed by atoms with van der Waals surface area (Å²) in [7, 11) is 0. The predicted molar refractivity (Wildman–Crippen MR) is 185 cm³/mol. The Hall–Kier alpha value is -2.36. The van der Waals surface area contributed by atoms with Crippen LogP contribution in [0.1, 0.15) is 168 Å². The van der Waals surface area contributed by atoms with Crippen LogP contribution in [0.25, 0.3) is 0 Å². The first-order valence-corrected chi connectivity index (χ1v) is 17.8. The Bertz CT molecular complexity index is 774. The number of carbonyl (C=O) groups excluding carboxylic acids is 1. The van der Waals surface area contributed by atoms with E-state index in [1.54, 1.807) is 0 Å². The quantitative estimate of drug-likeness (QED) is 0.0490. The molecule has 0 aromatic heterocycles. The number of aliphatic carboxylic acids is 1. The molecule has 0 heterocycles. The van der Waals surface area contributed by atoms with E-state index in [1.165, 1.54) is 32.1 Å². The van der Waals surface area contributed by atoms with E-state index in [-0.39, 0.29) is 18.5 Å². The minimum absolute atomic E-state index is 0.0349. The Balaban J connectivity index is 4.00. The van der Waals surface area contributed by atoms with E-state index < -0.39 is 5.97 Å². The van der Waals surface area contributed by atoms with Gasteiger partial charge in [-0.15, -0.1) is 0 Å². The number of esters is 1. The number of ether oxygens (including phenoxy) is 1. The SMILES string of the molecule is CC/C=C\C/C=C\C/C=C\C/C=C\C/C=C\CCCCCC(=O)OC(CCCCCCCC)CCCCCCCC(=O)O. The number of carbonyl (C=O) groups is 2. The first-order chi connectivity index (χ1) is 21.1. The van der Waals surface area contributed by atoms with Crippen molar-refractivity contribution >= 4 is 11.9 Å². The molecule has 0 saturated heterocycles. The number of unbranched alkanes of at least 4 members (excludes halogenated alkanes) is 12. The van der Waals surface area contributed by atoms with E-state index in [0.29, 0.717) is 6.42 Å². The summed E-state index contributed by atoms with van der Waals surface area (Å²) in [6.07, 6.45) is 46.6. The third kappa shape index (κ3) is 34.0. The molecule has 0 aromatic rings. The summed E-state index contributed by atoms with van der Waals surface area (Å²) in [4.78, 5) is 23.2. The third-order valence-corrected chi connectivity index (χ3v) is 7.50. The largest absolute Gasteiger partial charge is 0.481 e. The summed E-state index contributed by atoms with van der Waals surface area (Å²) >= 11 is 0. The zero-order chi connectivity index (χ0) is 31.5. The molecule has 246 valence electrons. The van der Waals surface area contributed by atoms with Gasteiger partial charge in [-0.05, 0) is 83.5 Å². The maximum atomic E-state index is 12.5. The molecule has 0 bridgehead atoms. The normalized spacial score (nSPS) is 13.0. The standard InChI is InChI=1S/C39H66O4/c1-3-5-7-9-11-12-13-14-15-16-17-18-19-20-21-22-23-28-32-36-39(42)43-37(33-29-25-10-8-6-4-2)34-30-26-24-27-31-35-38(40)41/h5,7,11-12,14-15,17-18,20-21,37H,3-4,6,8-10,13,16,19,22-36H2,1-2H3,(H,40,41)/b7-5-,12-11-,15-14-,18-17-,21-20-. The number of allylic oxidation sites excluding steroid dienone is 10. The summed E-state index contributed by atoms with van der Waals surface area (Å²) in [6.45, 7) is 4.40. The number of hydrogen-bond acceptors (Lipinski definition) is 3. The fourth-order valence-electron chi connectivity index (χ4n) is 4.91. The lowest BCUT2D eigenvalue weighted by atomic mass is 10.0. The molecule has 43 heavy (non-hydrogen) atoms. The van der Waals surface area contributed by atoms with E-state index in [1.807, 2.05) is 0 Å². The Morgan fingerprint density at radius 3 is 1.51 bits per heavy atom. The molecule has 4 heteroatoms. The van der Waals surface area contributed by atoms with E-state index in [9.17, 15) is 9.59 Å². The van der Waals surface area contributed by atoms with Gasteiger partial charge in [-0.2, -0.15) is 0 Å². The predicted octanol–water partition coefficient (Wildman–Crippen LogP) is 12.2. The van der Waals surface area contributed by atoms with E-state index >= 15 is 0 Å². The fraction of sp³-hybridized carbons (Fsp3) is 0.692. The highest BCUT2D eigenvalue weighted by molar-refractivity contribution is 5.69. The fourth-order valence-corrected chi connectivity index (χ4v) is 4.91. The Morgan fingerprint density at radius 1 is 0.535 bits per heavy atom. The maximum absolute atomic E-state index is 12.5. The van der Waals surface area contributed by atoms with Gasteiger partial charge in [0, 0.05) is 12.8 Å². The van der Waals surface area contributed by atoms with Crippen LogP contribution in [0.5, 0.6) is 0 Å². The van der Waals surface area contributed by atoms with Crippen LogP contribution in [-0.2, 0) is 14.3 Å². The number of hydrogen-bond donors (Lipinski definition) is 1. The maximum Gasteiger partial charge on any atom is 0.306 e. The molecule has 4 nitrogen and oxygen atoms in total. The second-order valence-corrected chi connectivity index (χ2v) is 11.7. The zero-order valence-corrected chi connectivity index (χ0v) is 28.0. The molecule has 0 spiro atoms. The van der Waals surface area contributed by atoms with Gasteiger partial charge >= 0.3 is 11.9 Å². The molecular weight excluding hydrogens is 532 g/mol. The molecular formula is C39H66O4. The van der Waals surface area contributed by atoms with Crippen molar-refractivity contribution < 1.29 is 19.4 Å². The lowest BCUT2D eigenvalue weighted by Crippen LogP contribution is -2.18. The van der Waals surface area contributed by atoms with Crippen molar-refractivity contribution in [3.63, 3.8) is 0 Å². The average molecular weight is 599 g/mol. The monoisotopic (exact) mass is 598 g/mol. The number of rotatable bonds is 31. The van der Waals surface area contributed by atoms with Crippen LogP contribution >= 0.6 is 0 Å². The summed E-state index contributed by atoms with van der Waals surface area (Å²) in [6, 6.07) is 0. The first kappa shape index (κ1) is 40.6. The van der Waals surface area contributed by atoms with Gasteiger partial charge in [0.2, 0.25) is 0 Å². The van der Waals surface area contributed by atoms with E-state index in [4.69, 9.17) is 9.84 Å². The lowest BCUT2D eigenvalue weighted by molar-refractivity contribution is -0.150. The van der Waals surface area contributed by atoms with Gasteiger partial charge in [-0.25, -0.2) is 0 Å². The van der Waals surface area contributed by atoms with Crippen molar-refractivity contribution in [3.8, 4) is 0 Å². The Morgan fingerprint density at radius 2 is 0.977 bits per heavy atom. The first-order valence-electron chi connectivity index (χ1n) is 17.8. The van der Waals surface area contributed by atoms with E-state index in [0.717, 1.165) is 109 Å². The zero-order valence-electron chi connectivity index (χ0n) is 28.0.